The van der Waals surface area contributed by atoms with Crippen LogP contribution in [0, 0.1) is 23.5 Å². The Morgan fingerprint density at radius 3 is 2.54 bits per heavy atom. The van der Waals surface area contributed by atoms with Crippen molar-refractivity contribution in [3.63, 3.8) is 0 Å². The minimum absolute atomic E-state index is 0.0544. The number of nitrogens with one attached hydrogen (secondary N) is 1. The number of carbonyl (C=O) groups is 1. The highest BCUT2D eigenvalue weighted by Gasteiger charge is 2.38. The summed E-state index contributed by atoms with van der Waals surface area (Å²) in [7, 11) is 0. The first-order valence-electron chi connectivity index (χ1n) is 8.24. The molecule has 2 atom stereocenters. The molecule has 1 N–H and O–H groups in total. The SMILES string of the molecule is O=C1N[C@H](c2cncc(C#Cc3cncnc3)c2)C(c2cc(F)ccc2F)O1. The Morgan fingerprint density at radius 1 is 0.964 bits per heavy atom. The van der Waals surface area contributed by atoms with Gasteiger partial charge in [-0.2, -0.15) is 0 Å². The van der Waals surface area contributed by atoms with E-state index < -0.39 is 29.9 Å². The molecule has 1 unspecified atom stereocenters. The minimum atomic E-state index is -1.03. The van der Waals surface area contributed by atoms with Crippen molar-refractivity contribution >= 4 is 6.09 Å². The quantitative estimate of drug-likeness (QED) is 0.694. The number of hydrogen-bond acceptors (Lipinski definition) is 5. The highest BCUT2D eigenvalue weighted by molar-refractivity contribution is 5.71. The average molecular weight is 378 g/mol. The molecule has 0 saturated carbocycles. The molecule has 1 saturated heterocycles. The van der Waals surface area contributed by atoms with Gasteiger partial charge in [0.05, 0.1) is 5.56 Å². The van der Waals surface area contributed by atoms with Gasteiger partial charge in [0.15, 0.2) is 6.10 Å². The van der Waals surface area contributed by atoms with Gasteiger partial charge in [-0.25, -0.2) is 23.5 Å². The van der Waals surface area contributed by atoms with Crippen molar-refractivity contribution in [2.45, 2.75) is 12.1 Å². The summed E-state index contributed by atoms with van der Waals surface area (Å²) >= 11 is 0. The summed E-state index contributed by atoms with van der Waals surface area (Å²) in [6.45, 7) is 0. The fourth-order valence-corrected chi connectivity index (χ4v) is 2.86. The van der Waals surface area contributed by atoms with E-state index in [0.29, 0.717) is 16.7 Å². The number of benzene rings is 1. The van der Waals surface area contributed by atoms with Crippen LogP contribution < -0.4 is 5.32 Å². The topological polar surface area (TPSA) is 77.0 Å². The molecule has 1 aliphatic heterocycles. The fourth-order valence-electron chi connectivity index (χ4n) is 2.86. The number of rotatable bonds is 2. The van der Waals surface area contributed by atoms with Crippen LogP contribution in [0.4, 0.5) is 13.6 Å². The summed E-state index contributed by atoms with van der Waals surface area (Å²) in [6.07, 6.45) is 5.86. The monoisotopic (exact) mass is 378 g/mol. The van der Waals surface area contributed by atoms with Gasteiger partial charge < -0.3 is 10.1 Å². The second-order valence-electron chi connectivity index (χ2n) is 6.00. The lowest BCUT2D eigenvalue weighted by Crippen LogP contribution is -2.20. The number of amides is 1. The molecule has 0 radical (unpaired) electrons. The van der Waals surface area contributed by atoms with E-state index in [0.717, 1.165) is 18.2 Å². The molecule has 138 valence electrons. The first-order chi connectivity index (χ1) is 13.6. The smallest absolute Gasteiger partial charge is 0.408 e. The molecule has 4 rings (SSSR count). The van der Waals surface area contributed by atoms with Crippen molar-refractivity contribution < 1.29 is 18.3 Å². The minimum Gasteiger partial charge on any atom is -0.439 e. The van der Waals surface area contributed by atoms with Gasteiger partial charge in [-0.15, -0.1) is 0 Å². The molecule has 3 aromatic rings. The van der Waals surface area contributed by atoms with Crippen LogP contribution in [-0.4, -0.2) is 21.0 Å². The second-order valence-corrected chi connectivity index (χ2v) is 6.00. The Hall–Kier alpha value is -3.86. The molecule has 1 aliphatic rings. The van der Waals surface area contributed by atoms with Gasteiger partial charge in [-0.1, -0.05) is 11.8 Å². The summed E-state index contributed by atoms with van der Waals surface area (Å²) in [5.41, 5.74) is 1.70. The van der Waals surface area contributed by atoms with Crippen molar-refractivity contribution in [2.75, 3.05) is 0 Å². The second kappa shape index (κ2) is 7.40. The molecule has 0 spiro atoms. The molecule has 2 aromatic heterocycles. The maximum absolute atomic E-state index is 14.2. The molecule has 28 heavy (non-hydrogen) atoms. The average Bonchev–Trinajstić information content (AvgIpc) is 3.11. The van der Waals surface area contributed by atoms with Crippen LogP contribution in [-0.2, 0) is 4.74 Å². The van der Waals surface area contributed by atoms with Crippen LogP contribution in [0.5, 0.6) is 0 Å². The Bertz CT molecular complexity index is 1100. The molecule has 1 aromatic carbocycles. The van der Waals surface area contributed by atoms with Gasteiger partial charge in [0.2, 0.25) is 0 Å². The third kappa shape index (κ3) is 3.64. The van der Waals surface area contributed by atoms with Gasteiger partial charge in [0.25, 0.3) is 0 Å². The lowest BCUT2D eigenvalue weighted by atomic mass is 9.96. The Kier molecular flexibility index (Phi) is 4.64. The van der Waals surface area contributed by atoms with Crippen LogP contribution in [0.25, 0.3) is 0 Å². The summed E-state index contributed by atoms with van der Waals surface area (Å²) in [5.74, 6) is 4.54. The molecular formula is C20H12F2N4O2. The van der Waals surface area contributed by atoms with E-state index >= 15 is 0 Å². The zero-order valence-electron chi connectivity index (χ0n) is 14.3. The van der Waals surface area contributed by atoms with Crippen LogP contribution in [0.15, 0.2) is 55.4 Å². The number of carbonyl (C=O) groups excluding carboxylic acids is 1. The van der Waals surface area contributed by atoms with E-state index in [1.54, 1.807) is 24.7 Å². The molecule has 3 heterocycles. The van der Waals surface area contributed by atoms with Gasteiger partial charge in [0.1, 0.15) is 24.0 Å². The normalized spacial score (nSPS) is 18.0. The van der Waals surface area contributed by atoms with E-state index in [4.69, 9.17) is 4.74 Å². The Balaban J connectivity index is 1.67. The predicted molar refractivity (Wildman–Crippen MR) is 93.7 cm³/mol. The first kappa shape index (κ1) is 17.5. The fraction of sp³-hybridized carbons (Fsp3) is 0.100. The van der Waals surface area contributed by atoms with Gasteiger partial charge >= 0.3 is 6.09 Å². The van der Waals surface area contributed by atoms with E-state index in [9.17, 15) is 13.6 Å². The van der Waals surface area contributed by atoms with Crippen LogP contribution in [0.2, 0.25) is 0 Å². The molecule has 8 heteroatoms. The first-order valence-corrected chi connectivity index (χ1v) is 8.24. The van der Waals surface area contributed by atoms with Crippen LogP contribution in [0.1, 0.15) is 34.4 Å². The van der Waals surface area contributed by atoms with Crippen LogP contribution >= 0.6 is 0 Å². The number of alkyl carbamates (subject to hydrolysis) is 1. The third-order valence-corrected chi connectivity index (χ3v) is 4.10. The lowest BCUT2D eigenvalue weighted by molar-refractivity contribution is 0.130. The Morgan fingerprint density at radius 2 is 1.71 bits per heavy atom. The summed E-state index contributed by atoms with van der Waals surface area (Å²) in [4.78, 5) is 23.7. The zero-order chi connectivity index (χ0) is 19.5. The highest BCUT2D eigenvalue weighted by Crippen LogP contribution is 2.37. The Labute approximate surface area is 158 Å². The van der Waals surface area contributed by atoms with Crippen molar-refractivity contribution in [2.24, 2.45) is 0 Å². The summed E-state index contributed by atoms with van der Waals surface area (Å²) < 4.78 is 33.0. The largest absolute Gasteiger partial charge is 0.439 e. The van der Waals surface area contributed by atoms with Gasteiger partial charge in [-0.3, -0.25) is 4.98 Å². The number of ether oxygens (including phenoxy) is 1. The standard InChI is InChI=1S/C20H12F2N4O2/c21-15-3-4-17(22)16(6-15)19-18(26-20(27)28-19)14-5-12(7-23-10-14)1-2-13-8-24-11-25-9-13/h3-11,18-19H,(H,26,27)/t18-,19?/m1/s1. The predicted octanol–water partition coefficient (Wildman–Crippen LogP) is 3.07. The van der Waals surface area contributed by atoms with E-state index in [-0.39, 0.29) is 5.56 Å². The highest BCUT2D eigenvalue weighted by atomic mass is 19.1. The number of aromatic nitrogens is 3. The molecule has 6 nitrogen and oxygen atoms in total. The summed E-state index contributed by atoms with van der Waals surface area (Å²) in [5, 5.41) is 2.61. The maximum Gasteiger partial charge on any atom is 0.408 e. The van der Waals surface area contributed by atoms with E-state index in [2.05, 4.69) is 32.1 Å². The number of nitrogens with zero attached hydrogens (tertiary/aromatic N) is 3. The molecule has 0 aliphatic carbocycles. The third-order valence-electron chi connectivity index (χ3n) is 4.10. The van der Waals surface area contributed by atoms with Gasteiger partial charge in [0, 0.05) is 35.9 Å². The number of halogens is 2. The summed E-state index contributed by atoms with van der Waals surface area (Å²) in [6, 6.07) is 3.98. The molecule has 1 fully saturated rings. The zero-order valence-corrected chi connectivity index (χ0v) is 14.3. The molecule has 1 amide bonds. The van der Waals surface area contributed by atoms with Crippen LogP contribution in [0.3, 0.4) is 0 Å². The van der Waals surface area contributed by atoms with Crippen molar-refractivity contribution in [1.82, 2.24) is 20.3 Å². The van der Waals surface area contributed by atoms with Gasteiger partial charge in [-0.05, 0) is 29.8 Å². The van der Waals surface area contributed by atoms with Crippen molar-refractivity contribution in [1.29, 1.82) is 0 Å². The molecule has 0 bridgehead atoms. The van der Waals surface area contributed by atoms with Crippen molar-refractivity contribution in [3.8, 4) is 11.8 Å². The lowest BCUT2D eigenvalue weighted by Gasteiger charge is -2.18. The van der Waals surface area contributed by atoms with E-state index in [1.165, 1.54) is 12.5 Å². The maximum atomic E-state index is 14.2. The van der Waals surface area contributed by atoms with E-state index in [1.807, 2.05) is 0 Å². The molecular weight excluding hydrogens is 366 g/mol. The number of hydrogen-bond donors (Lipinski definition) is 1. The number of cyclic esters (lactones) is 1. The van der Waals surface area contributed by atoms with Crippen molar-refractivity contribution in [3.05, 3.63) is 89.3 Å². The number of pyridine rings is 1.